The maximum absolute atomic E-state index is 12.7. The zero-order valence-corrected chi connectivity index (χ0v) is 14.7. The maximum atomic E-state index is 12.7. The molecule has 25 heavy (non-hydrogen) atoms. The van der Waals surface area contributed by atoms with Crippen LogP contribution in [-0.2, 0) is 16.1 Å². The van der Waals surface area contributed by atoms with Crippen molar-refractivity contribution >= 4 is 11.8 Å². The number of hydrogen-bond acceptors (Lipinski definition) is 4. The van der Waals surface area contributed by atoms with Crippen molar-refractivity contribution in [3.05, 3.63) is 24.2 Å². The molecule has 1 aromatic rings. The van der Waals surface area contributed by atoms with Crippen molar-refractivity contribution in [1.82, 2.24) is 10.2 Å². The van der Waals surface area contributed by atoms with Gasteiger partial charge in [0, 0.05) is 25.6 Å². The molecule has 1 saturated heterocycles. The Morgan fingerprint density at radius 3 is 2.84 bits per heavy atom. The molecule has 2 N–H and O–H groups in total. The molecule has 0 bridgehead atoms. The molecule has 6 nitrogen and oxygen atoms in total. The third kappa shape index (κ3) is 4.63. The van der Waals surface area contributed by atoms with Crippen LogP contribution in [0.25, 0.3) is 0 Å². The quantitative estimate of drug-likeness (QED) is 0.790. The third-order valence-corrected chi connectivity index (χ3v) is 5.50. The zero-order chi connectivity index (χ0) is 17.6. The van der Waals surface area contributed by atoms with Crippen molar-refractivity contribution < 1.29 is 19.1 Å². The number of aliphatic hydroxyl groups is 1. The topological polar surface area (TPSA) is 82.8 Å². The van der Waals surface area contributed by atoms with E-state index in [4.69, 9.17) is 4.42 Å². The van der Waals surface area contributed by atoms with Gasteiger partial charge >= 0.3 is 0 Å². The predicted molar refractivity (Wildman–Crippen MR) is 92.4 cm³/mol. The van der Waals surface area contributed by atoms with E-state index in [0.29, 0.717) is 25.4 Å². The molecule has 138 valence electrons. The number of carbonyl (C=O) groups excluding carboxylic acids is 2. The van der Waals surface area contributed by atoms with E-state index in [1.165, 1.54) is 19.3 Å². The number of furan rings is 1. The van der Waals surface area contributed by atoms with Crippen molar-refractivity contribution in [2.24, 2.45) is 11.8 Å². The van der Waals surface area contributed by atoms with Crippen LogP contribution in [0, 0.1) is 11.8 Å². The van der Waals surface area contributed by atoms with Crippen LogP contribution in [0.2, 0.25) is 0 Å². The second kappa shape index (κ2) is 8.52. The van der Waals surface area contributed by atoms with Crippen LogP contribution >= 0.6 is 0 Å². The Morgan fingerprint density at radius 1 is 1.36 bits per heavy atom. The first-order valence-corrected chi connectivity index (χ1v) is 9.38. The average Bonchev–Trinajstić information content (AvgIpc) is 3.26. The van der Waals surface area contributed by atoms with Crippen LogP contribution in [0.3, 0.4) is 0 Å². The van der Waals surface area contributed by atoms with E-state index < -0.39 is 0 Å². The van der Waals surface area contributed by atoms with Crippen LogP contribution in [-0.4, -0.2) is 41.0 Å². The minimum atomic E-state index is -0.313. The molecule has 2 aliphatic rings. The molecule has 1 aromatic heterocycles. The number of nitrogens with one attached hydrogen (secondary N) is 1. The molecular weight excluding hydrogens is 320 g/mol. The van der Waals surface area contributed by atoms with Gasteiger partial charge in [-0.1, -0.05) is 19.3 Å². The van der Waals surface area contributed by atoms with Crippen LogP contribution in [0.1, 0.15) is 50.7 Å². The number of hydrogen-bond donors (Lipinski definition) is 2. The fourth-order valence-electron chi connectivity index (χ4n) is 4.09. The molecule has 1 aliphatic carbocycles. The monoisotopic (exact) mass is 348 g/mol. The fraction of sp³-hybridized carbons (Fsp3) is 0.684. The molecule has 2 atom stereocenters. The van der Waals surface area contributed by atoms with Gasteiger partial charge in [-0.15, -0.1) is 0 Å². The van der Waals surface area contributed by atoms with Gasteiger partial charge in [-0.3, -0.25) is 9.59 Å². The van der Waals surface area contributed by atoms with Crippen molar-refractivity contribution in [3.8, 4) is 0 Å². The molecule has 0 aromatic carbocycles. The Hall–Kier alpha value is -1.82. The normalized spacial score (nSPS) is 23.0. The lowest BCUT2D eigenvalue weighted by Gasteiger charge is -2.31. The van der Waals surface area contributed by atoms with Crippen LogP contribution in [0.5, 0.6) is 0 Å². The van der Waals surface area contributed by atoms with Crippen LogP contribution in [0.4, 0.5) is 0 Å². The van der Waals surface area contributed by atoms with Gasteiger partial charge in [0.2, 0.25) is 11.8 Å². The Labute approximate surface area is 148 Å². The SMILES string of the molecule is O=C(NC(CCO)C1CCCCC1)C1CC(=O)N(Cc2ccco2)C1. The number of rotatable bonds is 7. The van der Waals surface area contributed by atoms with E-state index >= 15 is 0 Å². The first kappa shape index (κ1) is 18.0. The molecule has 1 aliphatic heterocycles. The average molecular weight is 348 g/mol. The Bertz CT molecular complexity index is 566. The van der Waals surface area contributed by atoms with Gasteiger partial charge in [0.25, 0.3) is 0 Å². The predicted octanol–water partition coefficient (Wildman–Crippen LogP) is 2.08. The lowest BCUT2D eigenvalue weighted by atomic mass is 9.82. The smallest absolute Gasteiger partial charge is 0.225 e. The zero-order valence-electron chi connectivity index (χ0n) is 14.7. The minimum absolute atomic E-state index is 0.00655. The summed E-state index contributed by atoms with van der Waals surface area (Å²) in [6.07, 6.45) is 8.30. The number of likely N-dealkylation sites (tertiary alicyclic amines) is 1. The Balaban J connectivity index is 1.55. The van der Waals surface area contributed by atoms with Gasteiger partial charge in [0.1, 0.15) is 5.76 Å². The lowest BCUT2D eigenvalue weighted by molar-refractivity contribution is -0.129. The largest absolute Gasteiger partial charge is 0.467 e. The molecule has 0 radical (unpaired) electrons. The molecule has 1 saturated carbocycles. The maximum Gasteiger partial charge on any atom is 0.225 e. The van der Waals surface area contributed by atoms with E-state index in [1.54, 1.807) is 17.2 Å². The van der Waals surface area contributed by atoms with Crippen molar-refractivity contribution in [1.29, 1.82) is 0 Å². The van der Waals surface area contributed by atoms with E-state index in [-0.39, 0.29) is 36.8 Å². The summed E-state index contributed by atoms with van der Waals surface area (Å²) in [6.45, 7) is 0.926. The second-order valence-electron chi connectivity index (χ2n) is 7.28. The molecule has 2 heterocycles. The highest BCUT2D eigenvalue weighted by molar-refractivity contribution is 5.89. The summed E-state index contributed by atoms with van der Waals surface area (Å²) in [4.78, 5) is 26.5. The van der Waals surface area contributed by atoms with Crippen LogP contribution in [0.15, 0.2) is 22.8 Å². The van der Waals surface area contributed by atoms with E-state index in [9.17, 15) is 14.7 Å². The van der Waals surface area contributed by atoms with E-state index in [0.717, 1.165) is 18.6 Å². The van der Waals surface area contributed by atoms with Gasteiger partial charge in [-0.05, 0) is 37.3 Å². The summed E-state index contributed by atoms with van der Waals surface area (Å²) in [6, 6.07) is 3.65. The summed E-state index contributed by atoms with van der Waals surface area (Å²) in [5.41, 5.74) is 0. The van der Waals surface area contributed by atoms with Gasteiger partial charge < -0.3 is 19.7 Å². The Kier molecular flexibility index (Phi) is 6.13. The second-order valence-corrected chi connectivity index (χ2v) is 7.28. The Morgan fingerprint density at radius 2 is 2.16 bits per heavy atom. The third-order valence-electron chi connectivity index (χ3n) is 5.50. The molecule has 2 fully saturated rings. The highest BCUT2D eigenvalue weighted by Crippen LogP contribution is 2.28. The number of aliphatic hydroxyl groups excluding tert-OH is 1. The van der Waals surface area contributed by atoms with Gasteiger partial charge in [-0.2, -0.15) is 0 Å². The van der Waals surface area contributed by atoms with Gasteiger partial charge in [0.05, 0.1) is 18.7 Å². The summed E-state index contributed by atoms with van der Waals surface area (Å²) < 4.78 is 5.29. The summed E-state index contributed by atoms with van der Waals surface area (Å²) in [5.74, 6) is 0.801. The number of carbonyl (C=O) groups is 2. The van der Waals surface area contributed by atoms with Gasteiger partial charge in [0.15, 0.2) is 0 Å². The molecule has 2 amide bonds. The molecule has 6 heteroatoms. The first-order valence-electron chi connectivity index (χ1n) is 9.38. The highest BCUT2D eigenvalue weighted by Gasteiger charge is 2.36. The fourth-order valence-corrected chi connectivity index (χ4v) is 4.09. The molecule has 3 rings (SSSR count). The number of nitrogens with zero attached hydrogens (tertiary/aromatic N) is 1. The summed E-state index contributed by atoms with van der Waals surface area (Å²) >= 11 is 0. The molecule has 2 unspecified atom stereocenters. The summed E-state index contributed by atoms with van der Waals surface area (Å²) in [7, 11) is 0. The van der Waals surface area contributed by atoms with E-state index in [2.05, 4.69) is 5.32 Å². The van der Waals surface area contributed by atoms with Gasteiger partial charge in [-0.25, -0.2) is 0 Å². The van der Waals surface area contributed by atoms with Crippen molar-refractivity contribution in [3.63, 3.8) is 0 Å². The highest BCUT2D eigenvalue weighted by atomic mass is 16.3. The number of amides is 2. The summed E-state index contributed by atoms with van der Waals surface area (Å²) in [5, 5.41) is 12.5. The molecular formula is C19H28N2O4. The molecule has 0 spiro atoms. The lowest BCUT2D eigenvalue weighted by Crippen LogP contribution is -2.44. The van der Waals surface area contributed by atoms with Crippen molar-refractivity contribution in [2.45, 2.75) is 57.5 Å². The standard InChI is InChI=1S/C19H28N2O4/c22-9-8-17(14-5-2-1-3-6-14)20-19(24)15-11-18(23)21(12-15)13-16-7-4-10-25-16/h4,7,10,14-15,17,22H,1-3,5-6,8-9,11-13H2,(H,20,24). The minimum Gasteiger partial charge on any atom is -0.467 e. The van der Waals surface area contributed by atoms with E-state index in [1.807, 2.05) is 6.07 Å². The first-order chi connectivity index (χ1) is 12.2. The van der Waals surface area contributed by atoms with Crippen LogP contribution < -0.4 is 5.32 Å². The van der Waals surface area contributed by atoms with Crippen molar-refractivity contribution in [2.75, 3.05) is 13.2 Å².